The number of aryl methyl sites for hydroxylation is 1. The van der Waals surface area contributed by atoms with E-state index in [9.17, 15) is 0 Å². The zero-order valence-electron chi connectivity index (χ0n) is 11.7. The summed E-state index contributed by atoms with van der Waals surface area (Å²) in [4.78, 5) is 2.49. The third-order valence-corrected chi connectivity index (χ3v) is 2.85. The van der Waals surface area contributed by atoms with Crippen molar-refractivity contribution in [3.63, 3.8) is 0 Å². The molecule has 0 fully saturated rings. The topological polar surface area (TPSA) is 15.3 Å². The number of nitrogens with zero attached hydrogens (tertiary/aromatic N) is 1. The number of benzene rings is 1. The Bertz CT molecular complexity index is 320. The SMILES string of the molecule is CCN(CCNc1cccc(C)c1)CC(C)C. The molecule has 0 aliphatic carbocycles. The number of likely N-dealkylation sites (N-methyl/N-ethyl adjacent to an activating group) is 1. The summed E-state index contributed by atoms with van der Waals surface area (Å²) in [5.41, 5.74) is 2.54. The maximum Gasteiger partial charge on any atom is 0.0343 e. The lowest BCUT2D eigenvalue weighted by Crippen LogP contribution is -2.32. The van der Waals surface area contributed by atoms with Gasteiger partial charge in [0.2, 0.25) is 0 Å². The Morgan fingerprint density at radius 3 is 2.65 bits per heavy atom. The van der Waals surface area contributed by atoms with Gasteiger partial charge in [-0.15, -0.1) is 0 Å². The number of anilines is 1. The van der Waals surface area contributed by atoms with E-state index in [1.165, 1.54) is 17.8 Å². The molecule has 1 N–H and O–H groups in total. The lowest BCUT2D eigenvalue weighted by Gasteiger charge is -2.22. The third-order valence-electron chi connectivity index (χ3n) is 2.85. The molecule has 0 amide bonds. The summed E-state index contributed by atoms with van der Waals surface area (Å²) in [5, 5.41) is 3.48. The minimum Gasteiger partial charge on any atom is -0.384 e. The van der Waals surface area contributed by atoms with E-state index < -0.39 is 0 Å². The van der Waals surface area contributed by atoms with Crippen LogP contribution in [0.3, 0.4) is 0 Å². The molecule has 0 saturated carbocycles. The van der Waals surface area contributed by atoms with Crippen LogP contribution >= 0.6 is 0 Å². The standard InChI is InChI=1S/C15H26N2/c1-5-17(12-13(2)3)10-9-16-15-8-6-7-14(4)11-15/h6-8,11,13,16H,5,9-10,12H2,1-4H3. The Balaban J connectivity index is 2.31. The van der Waals surface area contributed by atoms with Crippen molar-refractivity contribution < 1.29 is 0 Å². The molecule has 0 aliphatic heterocycles. The average molecular weight is 234 g/mol. The second kappa shape index (κ2) is 7.33. The van der Waals surface area contributed by atoms with Crippen molar-refractivity contribution >= 4 is 5.69 Å². The van der Waals surface area contributed by atoms with Gasteiger partial charge in [-0.05, 0) is 37.1 Å². The van der Waals surface area contributed by atoms with Crippen molar-refractivity contribution in [2.24, 2.45) is 5.92 Å². The lowest BCUT2D eigenvalue weighted by molar-refractivity contribution is 0.265. The van der Waals surface area contributed by atoms with Gasteiger partial charge in [-0.1, -0.05) is 32.9 Å². The van der Waals surface area contributed by atoms with Crippen molar-refractivity contribution in [2.75, 3.05) is 31.5 Å². The first-order valence-electron chi connectivity index (χ1n) is 6.64. The number of hydrogen-bond acceptors (Lipinski definition) is 2. The van der Waals surface area contributed by atoms with Crippen LogP contribution in [0.1, 0.15) is 26.3 Å². The van der Waals surface area contributed by atoms with Crippen LogP contribution in [0.4, 0.5) is 5.69 Å². The van der Waals surface area contributed by atoms with E-state index in [1.807, 2.05) is 0 Å². The fourth-order valence-electron chi connectivity index (χ4n) is 2.01. The van der Waals surface area contributed by atoms with Crippen LogP contribution in [0.25, 0.3) is 0 Å². The second-order valence-corrected chi connectivity index (χ2v) is 5.08. The maximum absolute atomic E-state index is 3.48. The minimum absolute atomic E-state index is 0.744. The first-order chi connectivity index (χ1) is 8.11. The molecule has 17 heavy (non-hydrogen) atoms. The molecule has 0 atom stereocenters. The number of rotatable bonds is 7. The predicted octanol–water partition coefficient (Wildman–Crippen LogP) is 3.38. The van der Waals surface area contributed by atoms with Gasteiger partial charge in [0, 0.05) is 25.3 Å². The summed E-state index contributed by atoms with van der Waals surface area (Å²) in [5.74, 6) is 0.744. The molecular weight excluding hydrogens is 208 g/mol. The van der Waals surface area contributed by atoms with Gasteiger partial charge in [0.25, 0.3) is 0 Å². The molecule has 2 heteroatoms. The Kier molecular flexibility index (Phi) is 6.06. The summed E-state index contributed by atoms with van der Waals surface area (Å²) in [6.45, 7) is 13.4. The first kappa shape index (κ1) is 14.0. The summed E-state index contributed by atoms with van der Waals surface area (Å²) < 4.78 is 0. The van der Waals surface area contributed by atoms with Crippen molar-refractivity contribution in [3.05, 3.63) is 29.8 Å². The minimum atomic E-state index is 0.744. The van der Waals surface area contributed by atoms with E-state index in [0.29, 0.717) is 0 Å². The zero-order chi connectivity index (χ0) is 12.7. The van der Waals surface area contributed by atoms with Crippen LogP contribution in [-0.2, 0) is 0 Å². The summed E-state index contributed by atoms with van der Waals surface area (Å²) in [6, 6.07) is 8.55. The van der Waals surface area contributed by atoms with Crippen LogP contribution in [0, 0.1) is 12.8 Å². The molecule has 0 heterocycles. The molecule has 0 aliphatic rings. The molecule has 1 aromatic carbocycles. The van der Waals surface area contributed by atoms with Gasteiger partial charge in [-0.2, -0.15) is 0 Å². The van der Waals surface area contributed by atoms with Crippen LogP contribution in [-0.4, -0.2) is 31.1 Å². The number of hydrogen-bond donors (Lipinski definition) is 1. The van der Waals surface area contributed by atoms with E-state index in [-0.39, 0.29) is 0 Å². The monoisotopic (exact) mass is 234 g/mol. The molecule has 96 valence electrons. The quantitative estimate of drug-likeness (QED) is 0.778. The van der Waals surface area contributed by atoms with Crippen LogP contribution < -0.4 is 5.32 Å². The molecular formula is C15H26N2. The zero-order valence-corrected chi connectivity index (χ0v) is 11.7. The fraction of sp³-hybridized carbons (Fsp3) is 0.600. The van der Waals surface area contributed by atoms with Crippen molar-refractivity contribution in [1.29, 1.82) is 0 Å². The third kappa shape index (κ3) is 5.73. The van der Waals surface area contributed by atoms with Gasteiger partial charge in [-0.25, -0.2) is 0 Å². The van der Waals surface area contributed by atoms with Crippen molar-refractivity contribution in [2.45, 2.75) is 27.7 Å². The predicted molar refractivity (Wildman–Crippen MR) is 76.6 cm³/mol. The summed E-state index contributed by atoms with van der Waals surface area (Å²) >= 11 is 0. The van der Waals surface area contributed by atoms with Gasteiger partial charge >= 0.3 is 0 Å². The van der Waals surface area contributed by atoms with E-state index in [4.69, 9.17) is 0 Å². The highest BCUT2D eigenvalue weighted by Gasteiger charge is 2.04. The molecule has 0 saturated heterocycles. The van der Waals surface area contributed by atoms with E-state index >= 15 is 0 Å². The first-order valence-corrected chi connectivity index (χ1v) is 6.64. The average Bonchev–Trinajstić information content (AvgIpc) is 2.27. The molecule has 0 spiro atoms. The second-order valence-electron chi connectivity index (χ2n) is 5.08. The lowest BCUT2D eigenvalue weighted by atomic mass is 10.2. The van der Waals surface area contributed by atoms with Gasteiger partial charge in [-0.3, -0.25) is 0 Å². The van der Waals surface area contributed by atoms with E-state index in [0.717, 1.165) is 25.6 Å². The molecule has 1 aromatic rings. The highest BCUT2D eigenvalue weighted by Crippen LogP contribution is 2.09. The van der Waals surface area contributed by atoms with Crippen LogP contribution in [0.15, 0.2) is 24.3 Å². The summed E-state index contributed by atoms with van der Waals surface area (Å²) in [7, 11) is 0. The summed E-state index contributed by atoms with van der Waals surface area (Å²) in [6.07, 6.45) is 0. The number of nitrogens with one attached hydrogen (secondary N) is 1. The Morgan fingerprint density at radius 1 is 1.29 bits per heavy atom. The van der Waals surface area contributed by atoms with Crippen molar-refractivity contribution in [3.8, 4) is 0 Å². The maximum atomic E-state index is 3.48. The largest absolute Gasteiger partial charge is 0.384 e. The Morgan fingerprint density at radius 2 is 2.06 bits per heavy atom. The van der Waals surface area contributed by atoms with Crippen LogP contribution in [0.2, 0.25) is 0 Å². The van der Waals surface area contributed by atoms with Crippen molar-refractivity contribution in [1.82, 2.24) is 4.90 Å². The fourth-order valence-corrected chi connectivity index (χ4v) is 2.01. The Labute approximate surface area is 106 Å². The van der Waals surface area contributed by atoms with E-state index in [2.05, 4.69) is 62.2 Å². The van der Waals surface area contributed by atoms with Gasteiger partial charge in [0.1, 0.15) is 0 Å². The normalized spacial score (nSPS) is 11.2. The Hall–Kier alpha value is -1.02. The smallest absolute Gasteiger partial charge is 0.0343 e. The van der Waals surface area contributed by atoms with Gasteiger partial charge in [0.15, 0.2) is 0 Å². The molecule has 0 radical (unpaired) electrons. The highest BCUT2D eigenvalue weighted by molar-refractivity contribution is 5.45. The highest BCUT2D eigenvalue weighted by atomic mass is 15.1. The molecule has 1 rings (SSSR count). The molecule has 0 unspecified atom stereocenters. The van der Waals surface area contributed by atoms with E-state index in [1.54, 1.807) is 0 Å². The molecule has 2 nitrogen and oxygen atoms in total. The molecule has 0 bridgehead atoms. The van der Waals surface area contributed by atoms with Gasteiger partial charge < -0.3 is 10.2 Å². The van der Waals surface area contributed by atoms with Gasteiger partial charge in [0.05, 0.1) is 0 Å². The molecule has 0 aromatic heterocycles. The van der Waals surface area contributed by atoms with Crippen LogP contribution in [0.5, 0.6) is 0 Å².